The lowest BCUT2D eigenvalue weighted by molar-refractivity contribution is -0.122. The van der Waals surface area contributed by atoms with Gasteiger partial charge in [-0.05, 0) is 38.2 Å². The molecule has 5 nitrogen and oxygen atoms in total. The highest BCUT2D eigenvalue weighted by Crippen LogP contribution is 2.26. The van der Waals surface area contributed by atoms with Crippen LogP contribution < -0.4 is 16.0 Å². The van der Waals surface area contributed by atoms with Crippen molar-refractivity contribution in [1.29, 1.82) is 0 Å². The van der Waals surface area contributed by atoms with Gasteiger partial charge in [-0.1, -0.05) is 32.1 Å². The van der Waals surface area contributed by atoms with E-state index in [1.54, 1.807) is 19.1 Å². The quantitative estimate of drug-likeness (QED) is 0.186. The molecule has 0 aromatic heterocycles. The maximum absolute atomic E-state index is 13.3. The highest BCUT2D eigenvalue weighted by molar-refractivity contribution is 5.76. The Morgan fingerprint density at radius 1 is 1.27 bits per heavy atom. The first-order valence-electron chi connectivity index (χ1n) is 10.3. The van der Waals surface area contributed by atoms with Crippen molar-refractivity contribution in [3.63, 3.8) is 0 Å². The SMILES string of the molecule is C=CC(CCC(=O)NC(CC)CCNC(/C=C\C(C)C(F)(F)CF)=C/C)CNC=O. The minimum Gasteiger partial charge on any atom is -0.385 e. The molecule has 2 amide bonds. The molecule has 0 saturated heterocycles. The molecular weight excluding hydrogens is 395 g/mol. The van der Waals surface area contributed by atoms with Gasteiger partial charge in [-0.15, -0.1) is 6.58 Å². The molecule has 0 spiro atoms. The Morgan fingerprint density at radius 3 is 2.50 bits per heavy atom. The molecule has 0 aromatic carbocycles. The van der Waals surface area contributed by atoms with Crippen LogP contribution in [0.3, 0.4) is 0 Å². The molecule has 30 heavy (non-hydrogen) atoms. The number of carbonyl (C=O) groups is 2. The first kappa shape index (κ1) is 27.8. The largest absolute Gasteiger partial charge is 0.385 e. The van der Waals surface area contributed by atoms with Crippen molar-refractivity contribution in [1.82, 2.24) is 16.0 Å². The predicted octanol–water partition coefficient (Wildman–Crippen LogP) is 3.89. The molecule has 0 heterocycles. The number of alkyl halides is 3. The molecule has 0 bridgehead atoms. The van der Waals surface area contributed by atoms with Crippen molar-refractivity contribution in [3.8, 4) is 0 Å². The number of halogens is 3. The van der Waals surface area contributed by atoms with E-state index in [4.69, 9.17) is 0 Å². The molecule has 0 aliphatic carbocycles. The summed E-state index contributed by atoms with van der Waals surface area (Å²) in [6.45, 7) is 8.06. The molecule has 8 heteroatoms. The van der Waals surface area contributed by atoms with Crippen LogP contribution in [0.5, 0.6) is 0 Å². The molecule has 3 unspecified atom stereocenters. The van der Waals surface area contributed by atoms with E-state index in [2.05, 4.69) is 22.5 Å². The minimum absolute atomic E-state index is 0.0165. The summed E-state index contributed by atoms with van der Waals surface area (Å²) in [7, 11) is 0. The number of allylic oxidation sites excluding steroid dienone is 3. The molecule has 0 aromatic rings. The lowest BCUT2D eigenvalue weighted by Crippen LogP contribution is -2.36. The standard InChI is InChI=1S/C22H36F3N3O2/c1-5-18(14-26-16-29)9-11-21(30)28-20(7-3)12-13-27-19(6-2)10-8-17(4)22(24,25)15-23/h5-6,8,10,16-18,20,27H,1,7,9,11-15H2,2-4H3,(H,26,29)(H,28,30)/b10-8-,19-6+. The van der Waals surface area contributed by atoms with Gasteiger partial charge in [-0.2, -0.15) is 0 Å². The summed E-state index contributed by atoms with van der Waals surface area (Å²) in [4.78, 5) is 22.5. The number of nitrogens with one attached hydrogen (secondary N) is 3. The molecule has 0 saturated carbocycles. The Hall–Kier alpha value is -2.25. The highest BCUT2D eigenvalue weighted by Gasteiger charge is 2.34. The normalized spacial score (nSPS) is 15.3. The molecule has 172 valence electrons. The lowest BCUT2D eigenvalue weighted by Gasteiger charge is -2.19. The second-order valence-electron chi connectivity index (χ2n) is 7.24. The van der Waals surface area contributed by atoms with E-state index in [-0.39, 0.29) is 17.9 Å². The fraction of sp³-hybridized carbons (Fsp3) is 0.636. The maximum Gasteiger partial charge on any atom is 0.281 e. The van der Waals surface area contributed by atoms with E-state index in [9.17, 15) is 22.8 Å². The van der Waals surface area contributed by atoms with Crippen LogP contribution in [-0.4, -0.2) is 44.0 Å². The molecule has 0 aliphatic rings. The van der Waals surface area contributed by atoms with Gasteiger partial charge in [-0.25, -0.2) is 13.2 Å². The first-order chi connectivity index (χ1) is 14.2. The van der Waals surface area contributed by atoms with Crippen molar-refractivity contribution in [2.45, 2.75) is 58.4 Å². The van der Waals surface area contributed by atoms with Crippen LogP contribution in [-0.2, 0) is 9.59 Å². The number of hydrogen-bond acceptors (Lipinski definition) is 3. The fourth-order valence-corrected chi connectivity index (χ4v) is 2.66. The van der Waals surface area contributed by atoms with Crippen molar-refractivity contribution in [2.75, 3.05) is 19.8 Å². The van der Waals surface area contributed by atoms with Crippen LogP contribution in [0.1, 0.15) is 46.5 Å². The summed E-state index contributed by atoms with van der Waals surface area (Å²) >= 11 is 0. The zero-order valence-corrected chi connectivity index (χ0v) is 18.2. The minimum atomic E-state index is -3.37. The molecule has 0 radical (unpaired) electrons. The monoisotopic (exact) mass is 431 g/mol. The zero-order valence-electron chi connectivity index (χ0n) is 18.2. The van der Waals surface area contributed by atoms with Gasteiger partial charge < -0.3 is 16.0 Å². The number of carbonyl (C=O) groups excluding carboxylic acids is 2. The maximum atomic E-state index is 13.3. The third kappa shape index (κ3) is 11.7. The van der Waals surface area contributed by atoms with Gasteiger partial charge in [0.2, 0.25) is 12.3 Å². The number of rotatable bonds is 17. The second kappa shape index (κ2) is 15.6. The Morgan fingerprint density at radius 2 is 1.97 bits per heavy atom. The van der Waals surface area contributed by atoms with E-state index in [0.29, 0.717) is 44.5 Å². The lowest BCUT2D eigenvalue weighted by atomic mass is 10.0. The highest BCUT2D eigenvalue weighted by atomic mass is 19.3. The molecule has 0 rings (SSSR count). The third-order valence-electron chi connectivity index (χ3n) is 4.94. The number of amides is 2. The van der Waals surface area contributed by atoms with E-state index < -0.39 is 18.5 Å². The van der Waals surface area contributed by atoms with Crippen molar-refractivity contribution in [2.24, 2.45) is 11.8 Å². The van der Waals surface area contributed by atoms with Gasteiger partial charge in [0, 0.05) is 37.2 Å². The van der Waals surface area contributed by atoms with E-state index in [1.807, 2.05) is 6.92 Å². The van der Waals surface area contributed by atoms with Crippen molar-refractivity contribution >= 4 is 12.3 Å². The smallest absolute Gasteiger partial charge is 0.281 e. The average Bonchev–Trinajstić information content (AvgIpc) is 2.74. The van der Waals surface area contributed by atoms with Gasteiger partial charge in [-0.3, -0.25) is 9.59 Å². The van der Waals surface area contributed by atoms with Crippen LogP contribution in [0.4, 0.5) is 13.2 Å². The molecule has 3 N–H and O–H groups in total. The molecule has 0 fully saturated rings. The van der Waals surface area contributed by atoms with Gasteiger partial charge in [0.15, 0.2) is 6.67 Å². The van der Waals surface area contributed by atoms with Crippen molar-refractivity contribution in [3.05, 3.63) is 36.6 Å². The Balaban J connectivity index is 4.42. The number of hydrogen-bond donors (Lipinski definition) is 3. The summed E-state index contributed by atoms with van der Waals surface area (Å²) in [5.74, 6) is -4.60. The summed E-state index contributed by atoms with van der Waals surface area (Å²) in [6.07, 6.45) is 9.27. The van der Waals surface area contributed by atoms with Gasteiger partial charge in [0.1, 0.15) is 0 Å². The zero-order chi connectivity index (χ0) is 23.0. The third-order valence-corrected chi connectivity index (χ3v) is 4.94. The van der Waals surface area contributed by atoms with Crippen LogP contribution in [0.2, 0.25) is 0 Å². The van der Waals surface area contributed by atoms with Gasteiger partial charge in [0.25, 0.3) is 5.92 Å². The van der Waals surface area contributed by atoms with Gasteiger partial charge >= 0.3 is 0 Å². The summed E-state index contributed by atoms with van der Waals surface area (Å²) in [5, 5.41) is 8.72. The Bertz CT molecular complexity index is 580. The van der Waals surface area contributed by atoms with Crippen LogP contribution in [0, 0.1) is 11.8 Å². The van der Waals surface area contributed by atoms with E-state index in [0.717, 1.165) is 6.42 Å². The molecule has 3 atom stereocenters. The van der Waals surface area contributed by atoms with Crippen LogP contribution in [0.25, 0.3) is 0 Å². The van der Waals surface area contributed by atoms with Crippen LogP contribution in [0.15, 0.2) is 36.6 Å². The summed E-state index contributed by atoms with van der Waals surface area (Å²) in [5.41, 5.74) is 0.661. The van der Waals surface area contributed by atoms with Gasteiger partial charge in [0.05, 0.1) is 0 Å². The van der Waals surface area contributed by atoms with Crippen LogP contribution >= 0.6 is 0 Å². The summed E-state index contributed by atoms with van der Waals surface area (Å²) < 4.78 is 38.9. The Labute approximate surface area is 178 Å². The predicted molar refractivity (Wildman–Crippen MR) is 115 cm³/mol. The molecular formula is C22H36F3N3O2. The molecule has 0 aliphatic heterocycles. The summed E-state index contributed by atoms with van der Waals surface area (Å²) in [6, 6.07) is -0.0165. The van der Waals surface area contributed by atoms with E-state index >= 15 is 0 Å². The average molecular weight is 432 g/mol. The first-order valence-corrected chi connectivity index (χ1v) is 10.3. The second-order valence-corrected chi connectivity index (χ2v) is 7.24. The Kier molecular flexibility index (Phi) is 14.4. The van der Waals surface area contributed by atoms with E-state index in [1.165, 1.54) is 19.1 Å². The van der Waals surface area contributed by atoms with Crippen molar-refractivity contribution < 1.29 is 22.8 Å². The fourth-order valence-electron chi connectivity index (χ4n) is 2.66. The topological polar surface area (TPSA) is 70.2 Å².